The Morgan fingerprint density at radius 3 is 2.38 bits per heavy atom. The lowest BCUT2D eigenvalue weighted by Crippen LogP contribution is -2.60. The summed E-state index contributed by atoms with van der Waals surface area (Å²) in [6, 6.07) is 3.62. The Labute approximate surface area is 270 Å². The lowest BCUT2D eigenvalue weighted by Gasteiger charge is -2.49. The number of amides is 1. The summed E-state index contributed by atoms with van der Waals surface area (Å²) < 4.78 is 137. The number of pyridine rings is 1. The number of primary sulfonamides is 1. The van der Waals surface area contributed by atoms with Crippen molar-refractivity contribution in [2.75, 3.05) is 31.1 Å². The molecule has 2 heterocycles. The largest absolute Gasteiger partial charge is 0.433 e. The van der Waals surface area contributed by atoms with E-state index in [1.165, 1.54) is 18.2 Å². The number of aromatic nitrogens is 1. The zero-order valence-electron chi connectivity index (χ0n) is 26.0. The Balaban J connectivity index is 1.81. The number of ether oxygens (including phenoxy) is 1. The van der Waals surface area contributed by atoms with Crippen molar-refractivity contribution in [3.05, 3.63) is 53.4 Å². The number of nitrogens with one attached hydrogen (secondary N) is 1. The molecule has 2 fully saturated rings. The van der Waals surface area contributed by atoms with E-state index in [0.29, 0.717) is 18.9 Å². The maximum atomic E-state index is 13.6. The van der Waals surface area contributed by atoms with Gasteiger partial charge in [0.1, 0.15) is 5.69 Å². The third-order valence-corrected chi connectivity index (χ3v) is 10.4. The zero-order valence-corrected chi connectivity index (χ0v) is 27.6. The molecule has 1 saturated heterocycles. The topological polar surface area (TPSA) is 149 Å². The van der Waals surface area contributed by atoms with E-state index in [0.717, 1.165) is 16.4 Å². The Bertz CT molecular complexity index is 1520. The zero-order chi connectivity index (χ0) is 35.3. The van der Waals surface area contributed by atoms with Crippen molar-refractivity contribution >= 4 is 26.0 Å². The number of hydrogen-bond donors (Lipinski definition) is 2. The molecular formula is C29H40F6N4O6S2. The van der Waals surface area contributed by atoms with Gasteiger partial charge in [0.2, 0.25) is 26.0 Å². The summed E-state index contributed by atoms with van der Waals surface area (Å²) in [6.07, 6.45) is -6.82. The first-order valence-corrected chi connectivity index (χ1v) is 18.3. The Morgan fingerprint density at radius 1 is 1.15 bits per heavy atom. The van der Waals surface area contributed by atoms with Gasteiger partial charge in [0.15, 0.2) is 0 Å². The van der Waals surface area contributed by atoms with Crippen LogP contribution in [0.15, 0.2) is 42.0 Å². The molecule has 0 bridgehead atoms. The molecule has 3 N–H and O–H groups in total. The SMILES string of the molecule is CC(C)/C=C\C(=C/CS(=O)(=O)N1C[C@H](CNC(=O)CCCS(N)(=O)=O)OC2(CCC(c3cccc(C(F)(F)F)n3)CC2)C1)C(F)(F)F. The summed E-state index contributed by atoms with van der Waals surface area (Å²) in [5.74, 6) is -2.50. The molecule has 3 rings (SSSR count). The molecule has 0 radical (unpaired) electrons. The van der Waals surface area contributed by atoms with E-state index in [1.807, 2.05) is 0 Å². The second-order valence-corrected chi connectivity index (χ2v) is 16.0. The highest BCUT2D eigenvalue weighted by Crippen LogP contribution is 2.43. The molecule has 10 nitrogen and oxygen atoms in total. The highest BCUT2D eigenvalue weighted by molar-refractivity contribution is 7.89. The van der Waals surface area contributed by atoms with Crippen LogP contribution < -0.4 is 10.5 Å². The quantitative estimate of drug-likeness (QED) is 0.240. The van der Waals surface area contributed by atoms with Crippen molar-refractivity contribution in [2.45, 2.75) is 82.3 Å². The molecule has 0 unspecified atom stereocenters. The van der Waals surface area contributed by atoms with E-state index >= 15 is 0 Å². The molecule has 1 amide bonds. The van der Waals surface area contributed by atoms with Crippen molar-refractivity contribution in [1.29, 1.82) is 0 Å². The van der Waals surface area contributed by atoms with E-state index in [-0.39, 0.29) is 62.8 Å². The molecule has 1 spiro atoms. The first-order chi connectivity index (χ1) is 21.6. The van der Waals surface area contributed by atoms with Gasteiger partial charge in [0.05, 0.1) is 28.8 Å². The van der Waals surface area contributed by atoms with Crippen LogP contribution in [0.2, 0.25) is 0 Å². The first-order valence-electron chi connectivity index (χ1n) is 15.0. The second-order valence-electron chi connectivity index (χ2n) is 12.2. The van der Waals surface area contributed by atoms with Crippen LogP contribution in [0.5, 0.6) is 0 Å². The molecule has 1 aromatic heterocycles. The maximum Gasteiger partial charge on any atom is 0.433 e. The average Bonchev–Trinajstić information content (AvgIpc) is 2.94. The Kier molecular flexibility index (Phi) is 12.7. The summed E-state index contributed by atoms with van der Waals surface area (Å²) in [4.78, 5) is 16.1. The number of morpholine rings is 1. The Hall–Kier alpha value is -2.54. The molecule has 266 valence electrons. The van der Waals surface area contributed by atoms with Crippen LogP contribution in [-0.2, 0) is 35.8 Å². The van der Waals surface area contributed by atoms with Gasteiger partial charge < -0.3 is 10.1 Å². The van der Waals surface area contributed by atoms with E-state index in [2.05, 4.69) is 10.3 Å². The summed E-state index contributed by atoms with van der Waals surface area (Å²) >= 11 is 0. The molecule has 1 aliphatic carbocycles. The number of hydrogen-bond acceptors (Lipinski definition) is 7. The first kappa shape index (κ1) is 38.9. The molecule has 1 saturated carbocycles. The average molecular weight is 719 g/mol. The molecule has 1 aliphatic heterocycles. The minimum atomic E-state index is -4.79. The molecular weight excluding hydrogens is 678 g/mol. The molecule has 18 heteroatoms. The third kappa shape index (κ3) is 12.1. The van der Waals surface area contributed by atoms with E-state index < -0.39 is 72.8 Å². The second kappa shape index (κ2) is 15.3. The predicted octanol–water partition coefficient (Wildman–Crippen LogP) is 4.41. The van der Waals surface area contributed by atoms with Gasteiger partial charge in [-0.25, -0.2) is 27.0 Å². The van der Waals surface area contributed by atoms with Gasteiger partial charge in [-0.1, -0.05) is 38.1 Å². The highest BCUT2D eigenvalue weighted by Gasteiger charge is 2.47. The number of nitrogens with zero attached hydrogens (tertiary/aromatic N) is 2. The van der Waals surface area contributed by atoms with Crippen LogP contribution >= 0.6 is 0 Å². The fraction of sp³-hybridized carbons (Fsp3) is 0.655. The monoisotopic (exact) mass is 718 g/mol. The van der Waals surface area contributed by atoms with Crippen LogP contribution in [0, 0.1) is 5.92 Å². The van der Waals surface area contributed by atoms with Gasteiger partial charge in [-0.05, 0) is 50.2 Å². The predicted molar refractivity (Wildman–Crippen MR) is 162 cm³/mol. The van der Waals surface area contributed by atoms with Crippen LogP contribution in [0.1, 0.15) is 69.7 Å². The minimum Gasteiger partial charge on any atom is -0.367 e. The highest BCUT2D eigenvalue weighted by atomic mass is 32.2. The normalized spacial score (nSPS) is 23.9. The van der Waals surface area contributed by atoms with Crippen molar-refractivity contribution in [1.82, 2.24) is 14.6 Å². The standard InChI is InChI=1S/C29H40F6N4O6S2/c1-20(2)8-9-22(28(30,31)32)12-16-47(43,44)39-18-23(17-37-26(40)7-4-15-46(36,41)42)45-27(19-39)13-10-21(11-14-27)24-5-3-6-25(38-24)29(33,34)35/h3,5-6,8-9,12,20-21,23H,4,7,10-11,13-19H2,1-2H3,(H,37,40)(H2,36,41,42)/b9-8-,22-12+/t21?,23-,27?/m0/s1. The van der Waals surface area contributed by atoms with E-state index in [4.69, 9.17) is 9.88 Å². The number of sulfonamides is 2. The van der Waals surface area contributed by atoms with Crippen LogP contribution in [0.3, 0.4) is 0 Å². The molecule has 1 aromatic rings. The molecule has 1 atom stereocenters. The number of allylic oxidation sites excluding steroid dienone is 3. The maximum absolute atomic E-state index is 13.6. The fourth-order valence-electron chi connectivity index (χ4n) is 5.54. The number of alkyl halides is 6. The smallest absolute Gasteiger partial charge is 0.367 e. The minimum absolute atomic E-state index is 0.0509. The van der Waals surface area contributed by atoms with Crippen molar-refractivity contribution in [3.63, 3.8) is 0 Å². The summed E-state index contributed by atoms with van der Waals surface area (Å²) in [7, 11) is -8.11. The lowest BCUT2D eigenvalue weighted by atomic mass is 9.76. The number of nitrogens with two attached hydrogens (primary N) is 1. The lowest BCUT2D eigenvalue weighted by molar-refractivity contribution is -0.155. The van der Waals surface area contributed by atoms with E-state index in [1.54, 1.807) is 13.8 Å². The Morgan fingerprint density at radius 2 is 1.81 bits per heavy atom. The van der Waals surface area contributed by atoms with Gasteiger partial charge in [0.25, 0.3) is 0 Å². The molecule has 0 aromatic carbocycles. The summed E-state index contributed by atoms with van der Waals surface area (Å²) in [5.41, 5.74) is -3.04. The number of carbonyl (C=O) groups is 1. The van der Waals surface area contributed by atoms with Gasteiger partial charge in [-0.2, -0.15) is 30.6 Å². The number of halogens is 6. The number of rotatable bonds is 12. The summed E-state index contributed by atoms with van der Waals surface area (Å²) in [6.45, 7) is 2.68. The van der Waals surface area contributed by atoms with Gasteiger partial charge in [0, 0.05) is 37.7 Å². The van der Waals surface area contributed by atoms with Gasteiger partial charge in [-0.3, -0.25) is 4.79 Å². The fourth-order valence-corrected chi connectivity index (χ4v) is 7.51. The van der Waals surface area contributed by atoms with Crippen LogP contribution in [0.25, 0.3) is 0 Å². The van der Waals surface area contributed by atoms with Crippen LogP contribution in [0.4, 0.5) is 26.3 Å². The van der Waals surface area contributed by atoms with Crippen LogP contribution in [-0.4, -0.2) is 81.1 Å². The molecule has 47 heavy (non-hydrogen) atoms. The van der Waals surface area contributed by atoms with Gasteiger partial charge >= 0.3 is 12.4 Å². The molecule has 2 aliphatic rings. The summed E-state index contributed by atoms with van der Waals surface area (Å²) in [5, 5.41) is 7.53. The van der Waals surface area contributed by atoms with Gasteiger partial charge in [-0.15, -0.1) is 0 Å². The van der Waals surface area contributed by atoms with Crippen molar-refractivity contribution in [2.24, 2.45) is 11.1 Å². The number of carbonyl (C=O) groups excluding carboxylic acids is 1. The van der Waals surface area contributed by atoms with E-state index in [9.17, 15) is 48.0 Å². The third-order valence-electron chi connectivity index (χ3n) is 7.92. The van der Waals surface area contributed by atoms with Crippen molar-refractivity contribution in [3.8, 4) is 0 Å². The van der Waals surface area contributed by atoms with Crippen molar-refractivity contribution < 1.29 is 52.7 Å².